The van der Waals surface area contributed by atoms with Gasteiger partial charge in [-0.3, -0.25) is 9.59 Å². The third-order valence-corrected chi connectivity index (χ3v) is 5.82. The smallest absolute Gasteiger partial charge is 0.293 e. The quantitative estimate of drug-likeness (QED) is 0.311. The molecule has 2 heterocycles. The van der Waals surface area contributed by atoms with Gasteiger partial charge in [-0.15, -0.1) is 0 Å². The van der Waals surface area contributed by atoms with Gasteiger partial charge in [0.05, 0.1) is 36.9 Å². The minimum absolute atomic E-state index is 0.271. The van der Waals surface area contributed by atoms with Gasteiger partial charge in [0.1, 0.15) is 23.4 Å². The maximum absolute atomic E-state index is 13.4. The van der Waals surface area contributed by atoms with Gasteiger partial charge < -0.3 is 19.4 Å². The van der Waals surface area contributed by atoms with Crippen molar-refractivity contribution in [2.75, 3.05) is 14.2 Å². The average molecular weight is 474 g/mol. The molecule has 1 N–H and O–H groups in total. The molecular formula is C26H27N5O4. The first-order valence-electron chi connectivity index (χ1n) is 11.0. The standard InChI is InChI=1S/C26H27N5O4/c1-16-22(17(2)31(29-16)19-9-7-6-8-10-19)24(32)26(33)28-23(25-27-11-12-30(25)3)18-13-20(34-4)15-21(14-18)35-5/h6-15,23H,1-5H3,(H,28,33). The van der Waals surface area contributed by atoms with Crippen molar-refractivity contribution in [3.63, 3.8) is 0 Å². The molecule has 1 amide bonds. The molecule has 0 radical (unpaired) electrons. The van der Waals surface area contributed by atoms with Crippen LogP contribution >= 0.6 is 0 Å². The molecule has 9 nitrogen and oxygen atoms in total. The molecule has 0 saturated heterocycles. The average Bonchev–Trinajstić information content (AvgIpc) is 3.43. The number of ether oxygens (including phenoxy) is 2. The molecule has 1 atom stereocenters. The number of nitrogens with zero attached hydrogens (tertiary/aromatic N) is 4. The van der Waals surface area contributed by atoms with Crippen LogP contribution in [0.3, 0.4) is 0 Å². The number of ketones is 1. The fourth-order valence-corrected chi connectivity index (χ4v) is 4.05. The van der Waals surface area contributed by atoms with Gasteiger partial charge >= 0.3 is 0 Å². The van der Waals surface area contributed by atoms with E-state index in [4.69, 9.17) is 9.47 Å². The van der Waals surface area contributed by atoms with Crippen molar-refractivity contribution >= 4 is 11.7 Å². The summed E-state index contributed by atoms with van der Waals surface area (Å²) in [4.78, 5) is 31.1. The number of methoxy groups -OCH3 is 2. The minimum atomic E-state index is -0.765. The molecule has 0 saturated carbocycles. The lowest BCUT2D eigenvalue weighted by Gasteiger charge is -2.20. The van der Waals surface area contributed by atoms with E-state index in [-0.39, 0.29) is 5.56 Å². The molecule has 4 aromatic rings. The predicted molar refractivity (Wildman–Crippen MR) is 130 cm³/mol. The highest BCUT2D eigenvalue weighted by molar-refractivity contribution is 6.43. The first kappa shape index (κ1) is 23.7. The van der Waals surface area contributed by atoms with Crippen LogP contribution in [0.2, 0.25) is 0 Å². The van der Waals surface area contributed by atoms with Crippen molar-refractivity contribution in [1.82, 2.24) is 24.6 Å². The molecule has 0 bridgehead atoms. The second-order valence-corrected chi connectivity index (χ2v) is 8.07. The van der Waals surface area contributed by atoms with E-state index in [1.165, 1.54) is 0 Å². The zero-order valence-corrected chi connectivity index (χ0v) is 20.3. The molecular weight excluding hydrogens is 446 g/mol. The van der Waals surface area contributed by atoms with Gasteiger partial charge in [-0.1, -0.05) is 18.2 Å². The first-order chi connectivity index (χ1) is 16.8. The number of amides is 1. The van der Waals surface area contributed by atoms with Crippen molar-refractivity contribution in [2.45, 2.75) is 19.9 Å². The Hall–Kier alpha value is -4.40. The number of benzene rings is 2. The van der Waals surface area contributed by atoms with Crippen LogP contribution < -0.4 is 14.8 Å². The summed E-state index contributed by atoms with van der Waals surface area (Å²) in [5.74, 6) is 0.217. The van der Waals surface area contributed by atoms with Gasteiger partial charge in [0.25, 0.3) is 11.7 Å². The van der Waals surface area contributed by atoms with Crippen LogP contribution in [0.1, 0.15) is 39.2 Å². The lowest BCUT2D eigenvalue weighted by Crippen LogP contribution is -2.36. The largest absolute Gasteiger partial charge is 0.497 e. The van der Waals surface area contributed by atoms with Crippen molar-refractivity contribution in [2.24, 2.45) is 7.05 Å². The minimum Gasteiger partial charge on any atom is -0.497 e. The van der Waals surface area contributed by atoms with Crippen molar-refractivity contribution in [3.8, 4) is 17.2 Å². The molecule has 2 aromatic carbocycles. The van der Waals surface area contributed by atoms with Crippen LogP contribution in [0.4, 0.5) is 0 Å². The predicted octanol–water partition coefficient (Wildman–Crippen LogP) is 3.33. The summed E-state index contributed by atoms with van der Waals surface area (Å²) in [6, 6.07) is 14.0. The summed E-state index contributed by atoms with van der Waals surface area (Å²) < 4.78 is 14.2. The van der Waals surface area contributed by atoms with Crippen LogP contribution in [0.15, 0.2) is 60.9 Å². The molecule has 4 rings (SSSR count). The molecule has 0 fully saturated rings. The number of hydrogen-bond donors (Lipinski definition) is 1. The van der Waals surface area contributed by atoms with E-state index in [1.807, 2.05) is 37.4 Å². The van der Waals surface area contributed by atoms with Crippen LogP contribution in [-0.4, -0.2) is 45.2 Å². The number of hydrogen-bond acceptors (Lipinski definition) is 6. The summed E-state index contributed by atoms with van der Waals surface area (Å²) in [6.45, 7) is 3.49. The summed E-state index contributed by atoms with van der Waals surface area (Å²) in [7, 11) is 4.91. The number of rotatable bonds is 8. The highest BCUT2D eigenvalue weighted by Crippen LogP contribution is 2.30. The van der Waals surface area contributed by atoms with Gasteiger partial charge in [-0.05, 0) is 43.7 Å². The van der Waals surface area contributed by atoms with Gasteiger partial charge in [-0.25, -0.2) is 9.67 Å². The highest BCUT2D eigenvalue weighted by Gasteiger charge is 2.29. The summed E-state index contributed by atoms with van der Waals surface area (Å²) in [6.07, 6.45) is 3.40. The Balaban J connectivity index is 1.70. The molecule has 0 spiro atoms. The van der Waals surface area contributed by atoms with Gasteiger partial charge in [0.2, 0.25) is 0 Å². The van der Waals surface area contributed by atoms with E-state index in [0.29, 0.717) is 34.3 Å². The van der Waals surface area contributed by atoms with E-state index < -0.39 is 17.7 Å². The van der Waals surface area contributed by atoms with Crippen molar-refractivity contribution < 1.29 is 19.1 Å². The zero-order valence-electron chi connectivity index (χ0n) is 20.3. The van der Waals surface area contributed by atoms with Gasteiger partial charge in [0, 0.05) is 25.5 Å². The molecule has 1 unspecified atom stereocenters. The fourth-order valence-electron chi connectivity index (χ4n) is 4.05. The normalized spacial score (nSPS) is 11.7. The number of Topliss-reactive ketones (excluding diaryl/α,β-unsaturated/α-hetero) is 1. The summed E-state index contributed by atoms with van der Waals surface area (Å²) >= 11 is 0. The topological polar surface area (TPSA) is 100 Å². The number of carbonyl (C=O) groups is 2. The first-order valence-corrected chi connectivity index (χ1v) is 11.0. The maximum atomic E-state index is 13.4. The van der Waals surface area contributed by atoms with E-state index in [9.17, 15) is 9.59 Å². The van der Waals surface area contributed by atoms with Gasteiger partial charge in [0.15, 0.2) is 0 Å². The molecule has 0 aliphatic rings. The summed E-state index contributed by atoms with van der Waals surface area (Å²) in [5.41, 5.74) is 2.80. The number of nitrogens with one attached hydrogen (secondary N) is 1. The number of aryl methyl sites for hydroxylation is 2. The van der Waals surface area contributed by atoms with Crippen LogP contribution in [0.25, 0.3) is 5.69 Å². The second kappa shape index (κ2) is 9.84. The van der Waals surface area contributed by atoms with Crippen molar-refractivity contribution in [1.29, 1.82) is 0 Å². The van der Waals surface area contributed by atoms with Crippen LogP contribution in [0.5, 0.6) is 11.5 Å². The molecule has 35 heavy (non-hydrogen) atoms. The molecule has 2 aromatic heterocycles. The Morgan fingerprint density at radius 1 is 1.00 bits per heavy atom. The molecule has 0 aliphatic carbocycles. The third kappa shape index (κ3) is 4.65. The van der Waals surface area contributed by atoms with E-state index in [2.05, 4.69) is 15.4 Å². The highest BCUT2D eigenvalue weighted by atomic mass is 16.5. The Labute approximate surface area is 203 Å². The van der Waals surface area contributed by atoms with Crippen LogP contribution in [-0.2, 0) is 11.8 Å². The summed E-state index contributed by atoms with van der Waals surface area (Å²) in [5, 5.41) is 7.36. The Bertz CT molecular complexity index is 1350. The molecule has 9 heteroatoms. The van der Waals surface area contributed by atoms with E-state index >= 15 is 0 Å². The zero-order chi connectivity index (χ0) is 25.1. The monoisotopic (exact) mass is 473 g/mol. The Kier molecular flexibility index (Phi) is 6.68. The van der Waals surface area contributed by atoms with Gasteiger partial charge in [-0.2, -0.15) is 5.10 Å². The third-order valence-electron chi connectivity index (χ3n) is 5.82. The fraction of sp³-hybridized carbons (Fsp3) is 0.231. The second-order valence-electron chi connectivity index (χ2n) is 8.07. The number of carbonyl (C=O) groups excluding carboxylic acids is 2. The number of imidazole rings is 1. The lowest BCUT2D eigenvalue weighted by atomic mass is 10.0. The number of para-hydroxylation sites is 1. The van der Waals surface area contributed by atoms with E-state index in [0.717, 1.165) is 5.69 Å². The maximum Gasteiger partial charge on any atom is 0.293 e. The van der Waals surface area contributed by atoms with E-state index in [1.54, 1.807) is 67.9 Å². The SMILES string of the molecule is COc1cc(OC)cc(C(NC(=O)C(=O)c2c(C)nn(-c3ccccc3)c2C)c2nccn2C)c1. The Morgan fingerprint density at radius 2 is 1.66 bits per heavy atom. The Morgan fingerprint density at radius 3 is 2.23 bits per heavy atom. The molecule has 0 aliphatic heterocycles. The van der Waals surface area contributed by atoms with Crippen molar-refractivity contribution in [3.05, 3.63) is 89.3 Å². The molecule has 180 valence electrons. The lowest BCUT2D eigenvalue weighted by molar-refractivity contribution is -0.117. The number of aromatic nitrogens is 4. The van der Waals surface area contributed by atoms with Crippen LogP contribution in [0, 0.1) is 13.8 Å².